The molecule has 1 unspecified atom stereocenters. The Hall–Kier alpha value is -12.6. The highest BCUT2D eigenvalue weighted by molar-refractivity contribution is 7.14. The topological polar surface area (TPSA) is 193 Å². The van der Waals surface area contributed by atoms with E-state index in [0.29, 0.717) is 0 Å². The summed E-state index contributed by atoms with van der Waals surface area (Å²) < 4.78 is 731. The molecule has 18 nitrogen and oxygen atoms in total. The van der Waals surface area contributed by atoms with E-state index in [1.165, 1.54) is 10.9 Å². The van der Waals surface area contributed by atoms with E-state index in [9.17, 15) is 15.2 Å². The lowest BCUT2D eigenvalue weighted by atomic mass is 9.96. The van der Waals surface area contributed by atoms with Crippen molar-refractivity contribution in [2.75, 3.05) is 5.32 Å². The Labute approximate surface area is 680 Å². The van der Waals surface area contributed by atoms with Crippen LogP contribution in [0.1, 0.15) is 38.2 Å². The van der Waals surface area contributed by atoms with Crippen LogP contribution in [-0.2, 0) is 17.6 Å². The van der Waals surface area contributed by atoms with Crippen molar-refractivity contribution in [1.82, 2.24) is 14.7 Å². The van der Waals surface area contributed by atoms with Crippen molar-refractivity contribution in [2.45, 2.75) is 128 Å². The van der Waals surface area contributed by atoms with Crippen molar-refractivity contribution in [1.29, 1.82) is 5.26 Å². The van der Waals surface area contributed by atoms with Gasteiger partial charge in [0.2, 0.25) is 0 Å². The second kappa shape index (κ2) is 27.8. The van der Waals surface area contributed by atoms with Gasteiger partial charge in [-0.05, 0) is 11.6 Å². The predicted molar refractivity (Wildman–Crippen MR) is 335 cm³/mol. The molecule has 0 fully saturated rings. The van der Waals surface area contributed by atoms with Gasteiger partial charge in [0.05, 0.1) is 27.1 Å². The number of amidine groups is 3. The molecular weight excluding hydrogens is 1950 g/mol. The third kappa shape index (κ3) is 13.2. The summed E-state index contributed by atoms with van der Waals surface area (Å²) >= 11 is -1.22. The number of hydrazine groups is 2. The molecule has 3 aromatic heterocycles. The van der Waals surface area contributed by atoms with Crippen LogP contribution in [-0.4, -0.2) is 156 Å². The van der Waals surface area contributed by atoms with Gasteiger partial charge in [0.25, 0.3) is 23.3 Å². The number of nitriles is 1. The number of alkyl halides is 45. The fraction of sp³-hybridized carbons (Fsp3) is 0.318. The number of halogens is 45. The number of hydrogen-bond acceptors (Lipinski definition) is 14. The molecule has 0 spiro atoms. The molecule has 6 aliphatic heterocycles. The van der Waals surface area contributed by atoms with Crippen LogP contribution >= 0.6 is 11.3 Å². The molecule has 6 aliphatic rings. The molecule has 6 aromatic carbocycles. The SMILES string of the molecule is N#CC(=Cc1sc(C(F)(F)F)c2c3n4c(c12)=NC1=[N+]2N[N+]5=C(N=3)c3c(c(OC(F)(C(F)(F)F)C(F)(F)F)c6ccccc6c3OC(F)(C(F)(F)F)C(F)(F)F)C5=Nc3c5c(OC(F)(C(F)(F)F)C(F)(F)F)c6ccccc6c(OC(F)(C(F)(F)F)C(F)(F)F)c5c(n3C4)NC2c2c1c(OC(F)(C(F)(F)F)C(F)(F)F)c1ccccc1c2OC(F)(C(F)(F)F)C(F)(F)F)C(=O)O. The number of rotatable bonds is 14. The maximum Gasteiger partial charge on any atom is 0.470 e. The van der Waals surface area contributed by atoms with E-state index in [1.54, 1.807) is 0 Å². The van der Waals surface area contributed by atoms with Crippen LogP contribution in [0.2, 0.25) is 0 Å². The Balaban J connectivity index is 1.43. The van der Waals surface area contributed by atoms with E-state index < -0.39 is 336 Å². The molecule has 3 N–H and O–H groups in total. The molecule has 9 aromatic rings. The molecule has 130 heavy (non-hydrogen) atoms. The number of aliphatic imine (C=N–C) groups is 1. The lowest BCUT2D eigenvalue weighted by Crippen LogP contribution is -2.58. The minimum Gasteiger partial charge on any atom is -0.477 e. The van der Waals surface area contributed by atoms with Gasteiger partial charge in [-0.3, -0.25) is 9.13 Å². The molecule has 0 amide bonds. The number of fused-ring (bicyclic) bond motifs is 7. The highest BCUT2D eigenvalue weighted by atomic mass is 32.1. The van der Waals surface area contributed by atoms with Crippen LogP contribution in [0.3, 0.4) is 0 Å². The van der Waals surface area contributed by atoms with Crippen molar-refractivity contribution < 1.29 is 245 Å². The van der Waals surface area contributed by atoms with E-state index in [0.717, 1.165) is 6.07 Å². The number of thiophene rings is 1. The molecule has 64 heteroatoms. The summed E-state index contributed by atoms with van der Waals surface area (Å²) in [6.45, 7) is -2.94. The second-order valence-electron chi connectivity index (χ2n) is 27.1. The monoisotopic (exact) mass is 1970 g/mol. The van der Waals surface area contributed by atoms with Crippen LogP contribution in [0.25, 0.3) is 59.9 Å². The highest BCUT2D eigenvalue weighted by Crippen LogP contribution is 2.64. The minimum absolute atomic E-state index is 0.0263. The van der Waals surface area contributed by atoms with Crippen molar-refractivity contribution in [3.05, 3.63) is 121 Å². The van der Waals surface area contributed by atoms with Gasteiger partial charge in [0.1, 0.15) is 80.2 Å². The highest BCUT2D eigenvalue weighted by Gasteiger charge is 2.83. The smallest absolute Gasteiger partial charge is 0.470 e. The predicted octanol–water partition coefficient (Wildman–Crippen LogP) is 21.1. The Kier molecular flexibility index (Phi) is 20.0. The number of hydrogen-bond donors (Lipinski definition) is 3. The minimum atomic E-state index is -8.05. The van der Waals surface area contributed by atoms with Gasteiger partial charge in [-0.1, -0.05) is 82.2 Å². The van der Waals surface area contributed by atoms with E-state index >= 15 is 198 Å². The van der Waals surface area contributed by atoms with Crippen molar-refractivity contribution in [3.63, 3.8) is 0 Å². The number of ether oxygens (including phenoxy) is 6. The van der Waals surface area contributed by atoms with Gasteiger partial charge in [-0.15, -0.1) is 11.3 Å². The molecule has 15 rings (SSSR count). The summed E-state index contributed by atoms with van der Waals surface area (Å²) in [6, 6.07) is -1.19. The maximum absolute atomic E-state index is 17.2. The first-order valence-electron chi connectivity index (χ1n) is 33.1. The number of benzene rings is 6. The molecule has 700 valence electrons. The van der Waals surface area contributed by atoms with Gasteiger partial charge in [0, 0.05) is 42.2 Å². The van der Waals surface area contributed by atoms with Gasteiger partial charge in [0.15, 0.2) is 11.3 Å². The number of hydrazone groups is 2. The fourth-order valence-electron chi connectivity index (χ4n) is 13.6. The number of aliphatic carboxylic acids is 1. The largest absolute Gasteiger partial charge is 0.477 e. The summed E-state index contributed by atoms with van der Waals surface area (Å²) in [5.74, 6) is -84.0. The van der Waals surface area contributed by atoms with Crippen molar-refractivity contribution >= 4 is 106 Å². The molecule has 0 saturated carbocycles. The average Bonchev–Trinajstić information content (AvgIpc) is 1.50. The summed E-state index contributed by atoms with van der Waals surface area (Å²) in [6.07, 6.45) is -108. The first-order valence-corrected chi connectivity index (χ1v) is 34.0. The first-order chi connectivity index (χ1) is 58.8. The zero-order chi connectivity index (χ0) is 97.4. The average molecular weight is 1970 g/mol. The van der Waals surface area contributed by atoms with Crippen LogP contribution in [0.4, 0.5) is 209 Å². The Morgan fingerprint density at radius 3 is 1.08 bits per heavy atom. The number of nitrogens with zero attached hydrogens (tertiary/aromatic N) is 8. The lowest BCUT2D eigenvalue weighted by molar-refractivity contribution is -0.786. The zero-order valence-electron chi connectivity index (χ0n) is 59.6. The number of carboxylic acid groups (broad SMARTS) is 1. The van der Waals surface area contributed by atoms with Crippen LogP contribution in [0.5, 0.6) is 34.5 Å². The number of nitrogens with one attached hydrogen (secondary N) is 2. The van der Waals surface area contributed by atoms with Gasteiger partial charge in [-0.2, -0.15) is 213 Å². The van der Waals surface area contributed by atoms with E-state index in [-0.39, 0.29) is 72.8 Å². The Morgan fingerprint density at radius 1 is 0.408 bits per heavy atom. The molecular formula is C66H19F45N10O8S+2. The summed E-state index contributed by atoms with van der Waals surface area (Å²) in [4.78, 5) is 18.9. The Morgan fingerprint density at radius 2 is 0.723 bits per heavy atom. The van der Waals surface area contributed by atoms with Crippen LogP contribution < -0.4 is 50.2 Å². The summed E-state index contributed by atoms with van der Waals surface area (Å²) in [5.41, 5.74) is -18.0. The zero-order valence-corrected chi connectivity index (χ0v) is 60.4. The van der Waals surface area contributed by atoms with E-state index in [1.807, 2.05) is 0 Å². The summed E-state index contributed by atoms with van der Waals surface area (Å²) in [5, 5.41) is -3.94. The standard InChI is InChI=1S/C66H17F45N10O8S/c67-48(68,69)38-31-24(23(130-38)13-16(14-112)47(122)123)39-113-43-27-28(35(127-52(73,61(94,95)96)62(97,98)99)20-10-4-3-9-19(20)34(27)126-51(72,59(88,89)90)60(91,92)93)44-114-40-25-26(33(125-50(71,57(82,83)84)58(85,86)87)18-8-2-1-7-17(18)32(25)124-49(70,55(76,77)78)56(79,80)81)41-115-45-29-30(46(121(45)117-120(43)44)116-42(31)118(39)15-119(40)41)37(129-54(75,65(106,107)108)66(109,110)111)22-12-6-5-11-21(22)36(29)128-53(74,63(100,101)102)64(103,104)105/h1-13,44,117H,15H2/p+2. The van der Waals surface area contributed by atoms with Gasteiger partial charge < -0.3 is 38.8 Å². The van der Waals surface area contributed by atoms with Crippen molar-refractivity contribution in [3.8, 4) is 40.6 Å². The van der Waals surface area contributed by atoms with Gasteiger partial charge >= 0.3 is 127 Å². The maximum atomic E-state index is 17.2. The van der Waals surface area contributed by atoms with Gasteiger partial charge in [-0.25, -0.2) is 4.79 Å². The fourth-order valence-corrected chi connectivity index (χ4v) is 14.7. The van der Waals surface area contributed by atoms with Crippen molar-refractivity contribution in [2.24, 2.45) is 15.0 Å². The number of carboxylic acids is 1. The first kappa shape index (κ1) is 93.6. The molecule has 0 saturated heterocycles. The second-order valence-corrected chi connectivity index (χ2v) is 28.1. The molecule has 0 radical (unpaired) electrons. The molecule has 0 aliphatic carbocycles. The Bertz CT molecular complexity index is 6610. The van der Waals surface area contributed by atoms with E-state index in [4.69, 9.17) is 0 Å². The van der Waals surface area contributed by atoms with Crippen LogP contribution in [0, 0.1) is 11.3 Å². The third-order valence-corrected chi connectivity index (χ3v) is 20.4. The molecule has 9 heterocycles. The number of anilines is 1. The lowest BCUT2D eigenvalue weighted by Gasteiger charge is -2.33. The van der Waals surface area contributed by atoms with Crippen LogP contribution in [0.15, 0.2) is 93.3 Å². The summed E-state index contributed by atoms with van der Waals surface area (Å²) in [7, 11) is 0. The normalized spacial score (nSPS) is 16.7. The molecule has 1 atom stereocenters. The van der Waals surface area contributed by atoms with E-state index in [2.05, 4.69) is 43.4 Å². The number of carbonyl (C=O) groups is 1. The third-order valence-electron chi connectivity index (χ3n) is 19.2. The quantitative estimate of drug-likeness (QED) is 0.0406. The molecule has 12 bridgehead atoms. The number of aromatic nitrogens is 2.